The van der Waals surface area contributed by atoms with Crippen molar-refractivity contribution in [3.63, 3.8) is 0 Å². The van der Waals surface area contributed by atoms with Gasteiger partial charge >= 0.3 is 0 Å². The minimum atomic E-state index is 0.0757. The van der Waals surface area contributed by atoms with E-state index < -0.39 is 0 Å². The van der Waals surface area contributed by atoms with Gasteiger partial charge in [0.25, 0.3) is 5.19 Å². The van der Waals surface area contributed by atoms with Crippen LogP contribution in [0, 0.1) is 0 Å². The molecule has 0 radical (unpaired) electrons. The number of fused-ring (bicyclic) bond motifs is 1. The molecule has 0 bridgehead atoms. The van der Waals surface area contributed by atoms with Crippen molar-refractivity contribution in [3.05, 3.63) is 18.2 Å². The fourth-order valence-electron chi connectivity index (χ4n) is 3.52. The molecular formula is C17H24N2O2S. The van der Waals surface area contributed by atoms with E-state index in [0.717, 1.165) is 34.0 Å². The quantitative estimate of drug-likeness (QED) is 0.928. The number of ether oxygens (including phenoxy) is 2. The highest BCUT2D eigenvalue weighted by atomic mass is 32.1. The summed E-state index contributed by atoms with van der Waals surface area (Å²) in [6.07, 6.45) is 2.15. The Labute approximate surface area is 135 Å². The maximum absolute atomic E-state index is 6.21. The van der Waals surface area contributed by atoms with Crippen LogP contribution in [-0.4, -0.2) is 29.3 Å². The summed E-state index contributed by atoms with van der Waals surface area (Å²) in [5.41, 5.74) is 1.12. The molecule has 1 N–H and O–H groups in total. The Balaban J connectivity index is 1.80. The maximum atomic E-state index is 6.21. The molecule has 1 saturated heterocycles. The Bertz CT molecular complexity index is 662. The van der Waals surface area contributed by atoms with Crippen molar-refractivity contribution in [2.24, 2.45) is 0 Å². The monoisotopic (exact) mass is 320 g/mol. The Hall–Kier alpha value is -1.33. The summed E-state index contributed by atoms with van der Waals surface area (Å²) in [6.45, 7) is 8.92. The van der Waals surface area contributed by atoms with Gasteiger partial charge in [-0.25, -0.2) is 4.98 Å². The molecule has 0 amide bonds. The van der Waals surface area contributed by atoms with E-state index in [4.69, 9.17) is 9.47 Å². The van der Waals surface area contributed by atoms with Crippen LogP contribution in [0.5, 0.6) is 10.9 Å². The Kier molecular flexibility index (Phi) is 3.81. The van der Waals surface area contributed by atoms with Gasteiger partial charge in [0.2, 0.25) is 0 Å². The van der Waals surface area contributed by atoms with Crippen molar-refractivity contribution in [2.45, 2.75) is 57.7 Å². The Morgan fingerprint density at radius 1 is 1.18 bits per heavy atom. The molecular weight excluding hydrogens is 296 g/mol. The van der Waals surface area contributed by atoms with Crippen LogP contribution in [0.15, 0.2) is 18.2 Å². The molecule has 5 heteroatoms. The van der Waals surface area contributed by atoms with Crippen LogP contribution in [0.1, 0.15) is 40.5 Å². The lowest BCUT2D eigenvalue weighted by Crippen LogP contribution is -2.60. The summed E-state index contributed by atoms with van der Waals surface area (Å²) < 4.78 is 12.6. The largest absolute Gasteiger partial charge is 0.497 e. The van der Waals surface area contributed by atoms with E-state index in [9.17, 15) is 0 Å². The topological polar surface area (TPSA) is 43.4 Å². The van der Waals surface area contributed by atoms with Gasteiger partial charge in [0, 0.05) is 23.9 Å². The molecule has 1 fully saturated rings. The lowest BCUT2D eigenvalue weighted by atomic mass is 9.81. The highest BCUT2D eigenvalue weighted by Crippen LogP contribution is 2.35. The van der Waals surface area contributed by atoms with Crippen LogP contribution in [0.2, 0.25) is 0 Å². The first-order valence-corrected chi connectivity index (χ1v) is 8.49. The molecule has 1 aromatic carbocycles. The predicted molar refractivity (Wildman–Crippen MR) is 91.1 cm³/mol. The van der Waals surface area contributed by atoms with E-state index >= 15 is 0 Å². The molecule has 120 valence electrons. The molecule has 0 aliphatic carbocycles. The number of nitrogens with one attached hydrogen (secondary N) is 1. The zero-order valence-corrected chi connectivity index (χ0v) is 14.7. The van der Waals surface area contributed by atoms with E-state index in [-0.39, 0.29) is 17.2 Å². The van der Waals surface area contributed by atoms with Crippen molar-refractivity contribution in [2.75, 3.05) is 7.11 Å². The van der Waals surface area contributed by atoms with E-state index in [1.54, 1.807) is 18.4 Å². The van der Waals surface area contributed by atoms with Crippen molar-refractivity contribution in [3.8, 4) is 10.9 Å². The summed E-state index contributed by atoms with van der Waals surface area (Å²) in [5.74, 6) is 0.854. The zero-order valence-electron chi connectivity index (χ0n) is 13.9. The van der Waals surface area contributed by atoms with Crippen LogP contribution < -0.4 is 14.8 Å². The number of hydrogen-bond donors (Lipinski definition) is 1. The number of methoxy groups -OCH3 is 1. The molecule has 4 nitrogen and oxygen atoms in total. The SMILES string of the molecule is COc1ccc2nc(OC3CC(C)(C)NC(C)(C)C3)sc2c1. The van der Waals surface area contributed by atoms with Crippen molar-refractivity contribution in [1.82, 2.24) is 10.3 Å². The summed E-state index contributed by atoms with van der Waals surface area (Å²) in [7, 11) is 1.68. The minimum absolute atomic E-state index is 0.0757. The molecule has 0 unspecified atom stereocenters. The van der Waals surface area contributed by atoms with Crippen molar-refractivity contribution < 1.29 is 9.47 Å². The number of nitrogens with zero attached hydrogens (tertiary/aromatic N) is 1. The second-order valence-electron chi connectivity index (χ2n) is 7.35. The summed E-state index contributed by atoms with van der Waals surface area (Å²) >= 11 is 1.59. The van der Waals surface area contributed by atoms with Crippen LogP contribution in [0.3, 0.4) is 0 Å². The number of hydrogen-bond acceptors (Lipinski definition) is 5. The molecule has 1 aliphatic heterocycles. The summed E-state index contributed by atoms with van der Waals surface area (Å²) in [5, 5.41) is 4.43. The lowest BCUT2D eigenvalue weighted by Gasteiger charge is -2.45. The van der Waals surface area contributed by atoms with E-state index in [1.807, 2.05) is 18.2 Å². The van der Waals surface area contributed by atoms with E-state index in [2.05, 4.69) is 38.0 Å². The zero-order chi connectivity index (χ0) is 16.0. The van der Waals surface area contributed by atoms with Gasteiger partial charge in [0.05, 0.1) is 17.3 Å². The van der Waals surface area contributed by atoms with Gasteiger partial charge in [-0.2, -0.15) is 0 Å². The molecule has 22 heavy (non-hydrogen) atoms. The summed E-state index contributed by atoms with van der Waals surface area (Å²) in [6, 6.07) is 5.92. The van der Waals surface area contributed by atoms with Crippen LogP contribution >= 0.6 is 11.3 Å². The van der Waals surface area contributed by atoms with Gasteiger partial charge in [0.1, 0.15) is 11.9 Å². The first-order valence-electron chi connectivity index (χ1n) is 7.67. The highest BCUT2D eigenvalue weighted by molar-refractivity contribution is 7.20. The van der Waals surface area contributed by atoms with Crippen molar-refractivity contribution in [1.29, 1.82) is 0 Å². The fourth-order valence-corrected chi connectivity index (χ4v) is 4.43. The van der Waals surface area contributed by atoms with Crippen LogP contribution in [-0.2, 0) is 0 Å². The van der Waals surface area contributed by atoms with E-state index in [1.165, 1.54) is 0 Å². The first kappa shape index (κ1) is 15.6. The molecule has 1 aromatic heterocycles. The molecule has 0 spiro atoms. The van der Waals surface area contributed by atoms with Gasteiger partial charge in [-0.05, 0) is 45.9 Å². The van der Waals surface area contributed by atoms with Gasteiger partial charge in [-0.15, -0.1) is 0 Å². The second-order valence-corrected chi connectivity index (χ2v) is 8.35. The molecule has 0 atom stereocenters. The third kappa shape index (κ3) is 3.36. The smallest absolute Gasteiger partial charge is 0.274 e. The molecule has 2 aromatic rings. The average Bonchev–Trinajstić information content (AvgIpc) is 2.75. The van der Waals surface area contributed by atoms with Crippen LogP contribution in [0.25, 0.3) is 10.2 Å². The Morgan fingerprint density at radius 2 is 1.86 bits per heavy atom. The number of piperidine rings is 1. The number of rotatable bonds is 3. The predicted octanol–water partition coefficient (Wildman–Crippen LogP) is 3.99. The molecule has 3 rings (SSSR count). The Morgan fingerprint density at radius 3 is 2.50 bits per heavy atom. The standard InChI is InChI=1S/C17H24N2O2S/c1-16(2)9-12(10-17(3,4)19-16)21-15-18-13-7-6-11(20-5)8-14(13)22-15/h6-8,12,19H,9-10H2,1-5H3. The first-order chi connectivity index (χ1) is 10.3. The average molecular weight is 320 g/mol. The fraction of sp³-hybridized carbons (Fsp3) is 0.588. The maximum Gasteiger partial charge on any atom is 0.274 e. The van der Waals surface area contributed by atoms with E-state index in [0.29, 0.717) is 0 Å². The highest BCUT2D eigenvalue weighted by Gasteiger charge is 2.39. The van der Waals surface area contributed by atoms with Gasteiger partial charge in [-0.3, -0.25) is 0 Å². The van der Waals surface area contributed by atoms with Gasteiger partial charge < -0.3 is 14.8 Å². The third-order valence-corrected chi connectivity index (χ3v) is 4.91. The second kappa shape index (κ2) is 5.39. The van der Waals surface area contributed by atoms with Gasteiger partial charge in [0.15, 0.2) is 0 Å². The molecule has 2 heterocycles. The number of benzene rings is 1. The third-order valence-electron chi connectivity index (χ3n) is 4.00. The number of thiazole rings is 1. The molecule has 1 aliphatic rings. The molecule has 0 saturated carbocycles. The summed E-state index contributed by atoms with van der Waals surface area (Å²) in [4.78, 5) is 4.60. The number of aromatic nitrogens is 1. The minimum Gasteiger partial charge on any atom is -0.497 e. The normalized spacial score (nSPS) is 21.0. The van der Waals surface area contributed by atoms with Crippen molar-refractivity contribution >= 4 is 21.6 Å². The lowest BCUT2D eigenvalue weighted by molar-refractivity contribution is 0.0559. The van der Waals surface area contributed by atoms with Crippen LogP contribution in [0.4, 0.5) is 0 Å². The van der Waals surface area contributed by atoms with Gasteiger partial charge in [-0.1, -0.05) is 11.3 Å².